The minimum absolute atomic E-state index is 0.542. The summed E-state index contributed by atoms with van der Waals surface area (Å²) in [6.07, 6.45) is 9.67. The monoisotopic (exact) mass is 1180 g/mol. The van der Waals surface area contributed by atoms with Gasteiger partial charge in [0.05, 0.1) is 0 Å². The SMILES string of the molecule is CCc1cc(-c2cc[n+](C)c(-c3ccccc3C)c2)ccc1C.Cc1ccc(-c2cc[n+](C)c(-c3ccccc3C)c2)cc1.Cc1ccc(-c2cc[n+](C)c(-c3ccccc3C)c2)cc1C.Cc1ccccc1-c1cc(-c2ccc(C)c(C(C)C)c2)cc[n+]1C. The summed E-state index contributed by atoms with van der Waals surface area (Å²) in [5.74, 6) is 0.542. The van der Waals surface area contributed by atoms with Crippen LogP contribution in [-0.2, 0) is 34.6 Å². The van der Waals surface area contributed by atoms with Crippen molar-refractivity contribution in [3.63, 3.8) is 0 Å². The summed E-state index contributed by atoms with van der Waals surface area (Å²) >= 11 is 0. The zero-order chi connectivity index (χ0) is 64.2. The van der Waals surface area contributed by atoms with Crippen LogP contribution in [0.1, 0.15) is 87.9 Å². The lowest BCUT2D eigenvalue weighted by Gasteiger charge is -2.12. The Balaban J connectivity index is 0.000000142. The lowest BCUT2D eigenvalue weighted by molar-refractivity contribution is -0.660. The molecule has 0 bridgehead atoms. The predicted octanol–water partition coefficient (Wildman–Crippen LogP) is 19.8. The number of aryl methyl sites for hydroxylation is 14. The summed E-state index contributed by atoms with van der Waals surface area (Å²) in [6, 6.07) is 81.1. The van der Waals surface area contributed by atoms with Crippen LogP contribution in [0.15, 0.2) is 249 Å². The Morgan fingerprint density at radius 1 is 0.267 bits per heavy atom. The molecule has 0 unspecified atom stereocenters. The number of hydrogen-bond donors (Lipinski definition) is 0. The summed E-state index contributed by atoms with van der Waals surface area (Å²) in [5.41, 5.74) is 35.1. The minimum Gasteiger partial charge on any atom is -0.201 e. The largest absolute Gasteiger partial charge is 0.213 e. The third kappa shape index (κ3) is 15.6. The van der Waals surface area contributed by atoms with E-state index in [4.69, 9.17) is 0 Å². The van der Waals surface area contributed by atoms with E-state index in [2.05, 4.69) is 379 Å². The van der Waals surface area contributed by atoms with Crippen LogP contribution in [0.3, 0.4) is 0 Å². The average molecular weight is 1180 g/mol. The van der Waals surface area contributed by atoms with Crippen LogP contribution in [0.5, 0.6) is 0 Å². The van der Waals surface area contributed by atoms with Crippen LogP contribution in [0.4, 0.5) is 0 Å². The van der Waals surface area contributed by atoms with Gasteiger partial charge < -0.3 is 0 Å². The van der Waals surface area contributed by atoms with Crippen molar-refractivity contribution < 1.29 is 18.3 Å². The zero-order valence-corrected chi connectivity index (χ0v) is 56.2. The van der Waals surface area contributed by atoms with E-state index in [0.29, 0.717) is 5.92 Å². The summed E-state index contributed by atoms with van der Waals surface area (Å²) in [7, 11) is 8.42. The molecule has 0 saturated carbocycles. The van der Waals surface area contributed by atoms with E-state index in [1.165, 1.54) is 151 Å². The van der Waals surface area contributed by atoms with Gasteiger partial charge in [0, 0.05) is 70.8 Å². The Morgan fingerprint density at radius 2 is 0.567 bits per heavy atom. The Morgan fingerprint density at radius 3 is 0.911 bits per heavy atom. The first-order chi connectivity index (χ1) is 43.3. The topological polar surface area (TPSA) is 15.5 Å². The molecule has 0 N–H and O–H groups in total. The molecule has 90 heavy (non-hydrogen) atoms. The number of rotatable bonds is 10. The molecule has 0 aliphatic heterocycles. The molecule has 0 atom stereocenters. The molecule has 4 heterocycles. The maximum absolute atomic E-state index is 2.34. The van der Waals surface area contributed by atoms with Crippen molar-refractivity contribution in [2.45, 2.75) is 95.4 Å². The average Bonchev–Trinajstić information content (AvgIpc) is 2.75. The van der Waals surface area contributed by atoms with E-state index in [1.807, 2.05) is 0 Å². The molecule has 0 aliphatic carbocycles. The lowest BCUT2D eigenvalue weighted by atomic mass is 9.93. The predicted molar refractivity (Wildman–Crippen MR) is 380 cm³/mol. The van der Waals surface area contributed by atoms with Crippen molar-refractivity contribution in [1.29, 1.82) is 0 Å². The Bertz CT molecular complexity index is 4470. The fourth-order valence-corrected chi connectivity index (χ4v) is 11.8. The van der Waals surface area contributed by atoms with Gasteiger partial charge in [0.15, 0.2) is 24.8 Å². The van der Waals surface area contributed by atoms with Gasteiger partial charge in [0.2, 0.25) is 22.8 Å². The molecule has 4 aromatic heterocycles. The van der Waals surface area contributed by atoms with Crippen molar-refractivity contribution in [1.82, 2.24) is 0 Å². The minimum atomic E-state index is 0.542. The molecule has 0 amide bonds. The van der Waals surface area contributed by atoms with E-state index < -0.39 is 0 Å². The molecular formula is C86H92N4+4. The molecule has 0 spiro atoms. The lowest BCUT2D eigenvalue weighted by Crippen LogP contribution is -2.30. The van der Waals surface area contributed by atoms with E-state index in [-0.39, 0.29) is 0 Å². The molecule has 0 fully saturated rings. The molecule has 12 aromatic rings. The van der Waals surface area contributed by atoms with Crippen LogP contribution in [0.25, 0.3) is 89.5 Å². The molecule has 452 valence electrons. The quantitative estimate of drug-likeness (QED) is 0.121. The summed E-state index contributed by atoms with van der Waals surface area (Å²) in [4.78, 5) is 0. The number of hydrogen-bond acceptors (Lipinski definition) is 0. The molecule has 12 rings (SSSR count). The van der Waals surface area contributed by atoms with Gasteiger partial charge in [-0.25, -0.2) is 18.3 Å². The van der Waals surface area contributed by atoms with Gasteiger partial charge in [-0.05, 0) is 199 Å². The first-order valence-electron chi connectivity index (χ1n) is 31.9. The molecule has 4 heteroatoms. The maximum Gasteiger partial charge on any atom is 0.213 e. The second kappa shape index (κ2) is 29.6. The number of nitrogens with zero attached hydrogens (tertiary/aromatic N) is 4. The van der Waals surface area contributed by atoms with Crippen molar-refractivity contribution in [3.05, 3.63) is 310 Å². The fourth-order valence-electron chi connectivity index (χ4n) is 11.8. The van der Waals surface area contributed by atoms with Crippen LogP contribution >= 0.6 is 0 Å². The van der Waals surface area contributed by atoms with Crippen molar-refractivity contribution >= 4 is 0 Å². The van der Waals surface area contributed by atoms with Gasteiger partial charge in [-0.1, -0.05) is 178 Å². The van der Waals surface area contributed by atoms with Crippen LogP contribution in [-0.4, -0.2) is 0 Å². The molecular weight excluding hydrogens is 1090 g/mol. The smallest absolute Gasteiger partial charge is 0.201 e. The first kappa shape index (κ1) is 64.8. The van der Waals surface area contributed by atoms with Gasteiger partial charge >= 0.3 is 0 Å². The highest BCUT2D eigenvalue weighted by molar-refractivity contribution is 5.75. The summed E-state index contributed by atoms with van der Waals surface area (Å²) in [5, 5.41) is 0. The third-order valence-corrected chi connectivity index (χ3v) is 17.8. The zero-order valence-electron chi connectivity index (χ0n) is 56.2. The molecule has 4 nitrogen and oxygen atoms in total. The fraction of sp³-hybridized carbons (Fsp3) is 0.209. The molecule has 0 radical (unpaired) electrons. The highest BCUT2D eigenvalue weighted by Gasteiger charge is 2.19. The van der Waals surface area contributed by atoms with Gasteiger partial charge in [0.1, 0.15) is 28.2 Å². The maximum atomic E-state index is 2.34. The second-order valence-corrected chi connectivity index (χ2v) is 24.8. The number of pyridine rings is 4. The van der Waals surface area contributed by atoms with E-state index in [9.17, 15) is 0 Å². The summed E-state index contributed by atoms with van der Waals surface area (Å²) in [6.45, 7) is 26.2. The number of aromatic nitrogens is 4. The molecule has 0 saturated heterocycles. The standard InChI is InChI=1S/C23H26N.C22H24N.C21H22N.C20H20N/c1-16(2)22-14-19(11-10-18(22)4)20-12-13-24(5)23(15-20)21-9-7-6-8-17(21)3;1-5-18-14-19(11-10-16(18)2)20-12-13-23(4)22(15-20)21-9-7-6-8-17(21)3;1-15-9-10-18(13-17(15)3)19-11-12-22(4)21(14-19)20-8-6-5-7-16(20)2;1-15-8-10-17(11-9-15)18-12-13-21(3)20(14-18)19-7-5-4-6-16(19)2/h6-16H,1-5H3;6-15H,5H2,1-4H3;5-14H,1-4H3;4-14H,1-3H3/q4*+1. The summed E-state index contributed by atoms with van der Waals surface area (Å²) < 4.78 is 8.76. The van der Waals surface area contributed by atoms with Crippen molar-refractivity contribution in [2.24, 2.45) is 28.2 Å². The second-order valence-electron chi connectivity index (χ2n) is 24.8. The third-order valence-electron chi connectivity index (χ3n) is 17.8. The van der Waals surface area contributed by atoms with Crippen LogP contribution in [0.2, 0.25) is 0 Å². The van der Waals surface area contributed by atoms with E-state index >= 15 is 0 Å². The van der Waals surface area contributed by atoms with Crippen LogP contribution < -0.4 is 18.3 Å². The Labute approximate surface area is 538 Å². The Kier molecular flexibility index (Phi) is 21.3. The van der Waals surface area contributed by atoms with Crippen LogP contribution in [0, 0.1) is 62.3 Å². The van der Waals surface area contributed by atoms with Crippen molar-refractivity contribution in [2.75, 3.05) is 0 Å². The Hall–Kier alpha value is -9.64. The van der Waals surface area contributed by atoms with Crippen molar-refractivity contribution in [3.8, 4) is 89.5 Å². The van der Waals surface area contributed by atoms with Gasteiger partial charge in [-0.3, -0.25) is 0 Å². The normalized spacial score (nSPS) is 10.8. The van der Waals surface area contributed by atoms with E-state index in [0.717, 1.165) is 6.42 Å². The van der Waals surface area contributed by atoms with Gasteiger partial charge in [-0.2, -0.15) is 0 Å². The highest BCUT2D eigenvalue weighted by atomic mass is 14.9. The van der Waals surface area contributed by atoms with E-state index in [1.54, 1.807) is 0 Å². The number of benzene rings is 8. The molecule has 8 aromatic carbocycles. The van der Waals surface area contributed by atoms with Gasteiger partial charge in [-0.15, -0.1) is 0 Å². The molecule has 0 aliphatic rings. The van der Waals surface area contributed by atoms with Gasteiger partial charge in [0.25, 0.3) is 0 Å². The first-order valence-corrected chi connectivity index (χ1v) is 31.9. The highest BCUT2D eigenvalue weighted by Crippen LogP contribution is 2.32.